The lowest BCUT2D eigenvalue weighted by Gasteiger charge is -2.41. The SMILES string of the molecule is CC/C=C\C/C=C\C/C=C\C/C=C\CCCCCCC(=O)OC(COCCCCCCCCCCCCCCCCCCCCCCCCCCCC)COC1OC(CO)C(O)C(OS(=O)(=O)O)C1O. The second kappa shape index (κ2) is 48.0. The lowest BCUT2D eigenvalue weighted by Crippen LogP contribution is -2.60. The summed E-state index contributed by atoms with van der Waals surface area (Å²) in [5.74, 6) is -0.419. The zero-order valence-corrected chi connectivity index (χ0v) is 45.1. The van der Waals surface area contributed by atoms with Gasteiger partial charge in [0, 0.05) is 13.0 Å². The van der Waals surface area contributed by atoms with Gasteiger partial charge in [-0.3, -0.25) is 9.35 Å². The Morgan fingerprint density at radius 3 is 1.44 bits per heavy atom. The van der Waals surface area contributed by atoms with Crippen molar-refractivity contribution in [2.75, 3.05) is 26.4 Å². The summed E-state index contributed by atoms with van der Waals surface area (Å²) in [6.07, 6.45) is 51.6. The van der Waals surface area contributed by atoms with Gasteiger partial charge in [0.25, 0.3) is 0 Å². The number of ether oxygens (including phenoxy) is 4. The van der Waals surface area contributed by atoms with E-state index in [-0.39, 0.29) is 19.6 Å². The summed E-state index contributed by atoms with van der Waals surface area (Å²) in [4.78, 5) is 12.9. The largest absolute Gasteiger partial charge is 0.457 e. The van der Waals surface area contributed by atoms with Crippen LogP contribution >= 0.6 is 0 Å². The van der Waals surface area contributed by atoms with E-state index in [0.29, 0.717) is 13.0 Å². The van der Waals surface area contributed by atoms with Gasteiger partial charge < -0.3 is 34.3 Å². The Morgan fingerprint density at radius 1 is 0.557 bits per heavy atom. The molecule has 0 saturated carbocycles. The summed E-state index contributed by atoms with van der Waals surface area (Å²) in [5.41, 5.74) is 0. The van der Waals surface area contributed by atoms with E-state index in [1.807, 2.05) is 0 Å². The molecule has 1 heterocycles. The van der Waals surface area contributed by atoms with Crippen LogP contribution in [0.1, 0.15) is 245 Å². The molecule has 1 aliphatic rings. The predicted octanol–water partition coefficient (Wildman–Crippen LogP) is 13.9. The Morgan fingerprint density at radius 2 is 0.986 bits per heavy atom. The fraction of sp³-hybridized carbons (Fsp3) is 0.842. The van der Waals surface area contributed by atoms with Crippen molar-refractivity contribution in [3.63, 3.8) is 0 Å². The van der Waals surface area contributed by atoms with Crippen LogP contribution < -0.4 is 0 Å². The zero-order valence-electron chi connectivity index (χ0n) is 44.3. The Balaban J connectivity index is 2.28. The molecule has 6 atom stereocenters. The molecule has 0 bridgehead atoms. The standard InChI is InChI=1S/C57H104O12S/c1-3-5-7-9-11-13-15-17-19-21-22-23-24-25-26-27-28-29-31-33-35-37-39-41-43-45-47-65-49-51(50-66-57-55(61)56(69-70(62,63)64)54(60)52(48-58)68-57)67-53(59)46-44-42-40-38-36-34-32-30-20-18-16-14-12-10-8-6-4-2/h6,8,12,14,18,20,32,34,51-52,54-58,60-61H,3-5,7,9-11,13,15-17,19,21-31,33,35-50H2,1-2H3,(H,62,63,64)/b8-6-,14-12-,20-18-,34-32-. The molecule has 1 aliphatic heterocycles. The summed E-state index contributed by atoms with van der Waals surface area (Å²) in [6.45, 7) is 3.89. The maximum Gasteiger partial charge on any atom is 0.397 e. The number of carbonyl (C=O) groups excluding carboxylic acids is 1. The van der Waals surface area contributed by atoms with Gasteiger partial charge in [-0.25, -0.2) is 4.18 Å². The highest BCUT2D eigenvalue weighted by Crippen LogP contribution is 2.26. The van der Waals surface area contributed by atoms with Gasteiger partial charge in [0.05, 0.1) is 19.8 Å². The summed E-state index contributed by atoms with van der Waals surface area (Å²) in [5, 5.41) is 30.8. The van der Waals surface area contributed by atoms with Crippen molar-refractivity contribution in [2.24, 2.45) is 0 Å². The van der Waals surface area contributed by atoms with Crippen LogP contribution in [0.4, 0.5) is 0 Å². The van der Waals surface area contributed by atoms with Crippen LogP contribution in [-0.4, -0.2) is 97.5 Å². The van der Waals surface area contributed by atoms with E-state index in [1.54, 1.807) is 0 Å². The molecule has 1 rings (SSSR count). The molecule has 0 aromatic rings. The molecule has 0 amide bonds. The summed E-state index contributed by atoms with van der Waals surface area (Å²) in [7, 11) is -5.07. The van der Waals surface area contributed by atoms with Crippen LogP contribution in [0, 0.1) is 0 Å². The van der Waals surface area contributed by atoms with Gasteiger partial charge in [0.1, 0.15) is 30.5 Å². The van der Waals surface area contributed by atoms with Gasteiger partial charge in [-0.15, -0.1) is 0 Å². The minimum atomic E-state index is -5.07. The number of aliphatic hydroxyl groups is 3. The third kappa shape index (κ3) is 40.5. The van der Waals surface area contributed by atoms with Crippen LogP contribution in [0.25, 0.3) is 0 Å². The molecule has 1 saturated heterocycles. The first-order chi connectivity index (χ1) is 34.1. The van der Waals surface area contributed by atoms with Gasteiger partial charge in [-0.1, -0.05) is 236 Å². The van der Waals surface area contributed by atoms with Gasteiger partial charge in [-0.2, -0.15) is 8.42 Å². The van der Waals surface area contributed by atoms with Crippen molar-refractivity contribution in [1.82, 2.24) is 0 Å². The van der Waals surface area contributed by atoms with Crippen molar-refractivity contribution in [3.05, 3.63) is 48.6 Å². The summed E-state index contributed by atoms with van der Waals surface area (Å²) < 4.78 is 59.3. The summed E-state index contributed by atoms with van der Waals surface area (Å²) in [6, 6.07) is 0. The molecular weight excluding hydrogens is 909 g/mol. The average molecular weight is 1010 g/mol. The molecule has 410 valence electrons. The molecule has 0 aromatic carbocycles. The molecule has 12 nitrogen and oxygen atoms in total. The minimum Gasteiger partial charge on any atom is -0.457 e. The smallest absolute Gasteiger partial charge is 0.397 e. The van der Waals surface area contributed by atoms with Gasteiger partial charge in [0.15, 0.2) is 6.29 Å². The Kier molecular flexibility index (Phi) is 45.3. The van der Waals surface area contributed by atoms with Crippen molar-refractivity contribution in [2.45, 2.75) is 282 Å². The Bertz CT molecular complexity index is 1400. The molecule has 0 aliphatic carbocycles. The lowest BCUT2D eigenvalue weighted by atomic mass is 9.99. The van der Waals surface area contributed by atoms with Gasteiger partial charge in [-0.05, 0) is 51.4 Å². The van der Waals surface area contributed by atoms with E-state index < -0.39 is 59.8 Å². The van der Waals surface area contributed by atoms with E-state index in [4.69, 9.17) is 18.9 Å². The molecule has 0 spiro atoms. The van der Waals surface area contributed by atoms with Gasteiger partial charge >= 0.3 is 16.4 Å². The third-order valence-electron chi connectivity index (χ3n) is 13.0. The van der Waals surface area contributed by atoms with E-state index in [1.165, 1.54) is 148 Å². The molecule has 13 heteroatoms. The number of rotatable bonds is 50. The number of aliphatic hydroxyl groups excluding tert-OH is 3. The molecule has 4 N–H and O–H groups in total. The van der Waals surface area contributed by atoms with Crippen LogP contribution in [0.2, 0.25) is 0 Å². The van der Waals surface area contributed by atoms with E-state index in [0.717, 1.165) is 70.6 Å². The van der Waals surface area contributed by atoms with Crippen LogP contribution in [-0.2, 0) is 38.3 Å². The number of allylic oxidation sites excluding steroid dienone is 8. The van der Waals surface area contributed by atoms with E-state index >= 15 is 0 Å². The Labute approximate surface area is 427 Å². The van der Waals surface area contributed by atoms with E-state index in [2.05, 4.69) is 66.6 Å². The maximum absolute atomic E-state index is 12.9. The van der Waals surface area contributed by atoms with E-state index in [9.17, 15) is 33.1 Å². The van der Waals surface area contributed by atoms with Gasteiger partial charge in [0.2, 0.25) is 0 Å². The van der Waals surface area contributed by atoms with Crippen LogP contribution in [0.15, 0.2) is 48.6 Å². The Hall–Kier alpha value is -1.94. The lowest BCUT2D eigenvalue weighted by molar-refractivity contribution is -0.301. The molecule has 1 fully saturated rings. The first-order valence-electron chi connectivity index (χ1n) is 28.4. The highest BCUT2D eigenvalue weighted by molar-refractivity contribution is 7.80. The summed E-state index contributed by atoms with van der Waals surface area (Å²) >= 11 is 0. The van der Waals surface area contributed by atoms with Crippen molar-refractivity contribution in [3.8, 4) is 0 Å². The second-order valence-corrected chi connectivity index (χ2v) is 20.6. The molecule has 6 unspecified atom stereocenters. The molecule has 0 aromatic heterocycles. The number of hydrogen-bond acceptors (Lipinski definition) is 11. The van der Waals surface area contributed by atoms with Crippen molar-refractivity contribution < 1.29 is 56.2 Å². The second-order valence-electron chi connectivity index (χ2n) is 19.5. The highest BCUT2D eigenvalue weighted by Gasteiger charge is 2.48. The molecule has 70 heavy (non-hydrogen) atoms. The monoisotopic (exact) mass is 1010 g/mol. The highest BCUT2D eigenvalue weighted by atomic mass is 32.3. The van der Waals surface area contributed by atoms with Crippen LogP contribution in [0.5, 0.6) is 0 Å². The number of unbranched alkanes of at least 4 members (excludes halogenated alkanes) is 29. The first-order valence-corrected chi connectivity index (χ1v) is 29.8. The minimum absolute atomic E-state index is 0.0276. The first kappa shape index (κ1) is 66.1. The fourth-order valence-corrected chi connectivity index (χ4v) is 9.23. The third-order valence-corrected chi connectivity index (χ3v) is 13.4. The number of carbonyl (C=O) groups is 1. The quantitative estimate of drug-likeness (QED) is 0.0196. The average Bonchev–Trinajstić information content (AvgIpc) is 3.34. The van der Waals surface area contributed by atoms with Crippen LogP contribution in [0.3, 0.4) is 0 Å². The molecular formula is C57H104O12S. The van der Waals surface area contributed by atoms with Crippen molar-refractivity contribution >= 4 is 16.4 Å². The molecule has 0 radical (unpaired) electrons. The fourth-order valence-electron chi connectivity index (χ4n) is 8.73. The zero-order chi connectivity index (χ0) is 51.0. The normalized spacial score (nSPS) is 19.4. The topological polar surface area (TPSA) is 178 Å². The number of hydrogen-bond donors (Lipinski definition) is 4. The maximum atomic E-state index is 12.9. The number of esters is 1. The predicted molar refractivity (Wildman–Crippen MR) is 285 cm³/mol. The van der Waals surface area contributed by atoms with Crippen molar-refractivity contribution in [1.29, 1.82) is 0 Å².